The van der Waals surface area contributed by atoms with Crippen LogP contribution in [-0.4, -0.2) is 36.1 Å². The summed E-state index contributed by atoms with van der Waals surface area (Å²) in [5.41, 5.74) is 1.56. The van der Waals surface area contributed by atoms with E-state index in [1.54, 1.807) is 12.3 Å². The van der Waals surface area contributed by atoms with E-state index in [4.69, 9.17) is 11.6 Å². The van der Waals surface area contributed by atoms with E-state index >= 15 is 0 Å². The van der Waals surface area contributed by atoms with Gasteiger partial charge in [-0.05, 0) is 48.4 Å². The molecule has 1 aromatic heterocycles. The van der Waals surface area contributed by atoms with Crippen LogP contribution < -0.4 is 5.32 Å². The van der Waals surface area contributed by atoms with Crippen LogP contribution in [-0.2, 0) is 6.18 Å². The number of hydrogen-bond acceptors (Lipinski definition) is 3. The molecule has 0 amide bonds. The van der Waals surface area contributed by atoms with Gasteiger partial charge in [0.15, 0.2) is 0 Å². The third kappa shape index (κ3) is 4.25. The number of pyridine rings is 1. The van der Waals surface area contributed by atoms with Gasteiger partial charge in [-0.25, -0.2) is 0 Å². The summed E-state index contributed by atoms with van der Waals surface area (Å²) < 4.78 is 40.6. The van der Waals surface area contributed by atoms with Gasteiger partial charge in [-0.3, -0.25) is 9.88 Å². The lowest BCUT2D eigenvalue weighted by molar-refractivity contribution is -0.137. The maximum atomic E-state index is 13.5. The fourth-order valence-corrected chi connectivity index (χ4v) is 4.22. The Morgan fingerprint density at radius 3 is 2.69 bits per heavy atom. The predicted molar refractivity (Wildman–Crippen MR) is 109 cm³/mol. The summed E-state index contributed by atoms with van der Waals surface area (Å²) in [6.07, 6.45) is -1.85. The van der Waals surface area contributed by atoms with E-state index in [0.29, 0.717) is 5.56 Å². The van der Waals surface area contributed by atoms with Crippen molar-refractivity contribution in [3.8, 4) is 0 Å². The van der Waals surface area contributed by atoms with E-state index in [9.17, 15) is 13.2 Å². The largest absolute Gasteiger partial charge is 0.417 e. The Morgan fingerprint density at radius 1 is 1.03 bits per heavy atom. The molecule has 0 bridgehead atoms. The molecule has 0 spiro atoms. The quantitative estimate of drug-likeness (QED) is 0.625. The van der Waals surface area contributed by atoms with Crippen LogP contribution in [0.2, 0.25) is 5.02 Å². The van der Waals surface area contributed by atoms with Crippen molar-refractivity contribution < 1.29 is 13.2 Å². The number of benzene rings is 2. The van der Waals surface area contributed by atoms with Crippen molar-refractivity contribution in [2.45, 2.75) is 18.6 Å². The number of para-hydroxylation sites is 1. The lowest BCUT2D eigenvalue weighted by atomic mass is 9.93. The minimum Gasteiger partial charge on any atom is -0.315 e. The molecule has 2 heterocycles. The van der Waals surface area contributed by atoms with E-state index in [-0.39, 0.29) is 11.1 Å². The molecule has 0 radical (unpaired) electrons. The molecule has 1 atom stereocenters. The van der Waals surface area contributed by atoms with E-state index in [0.717, 1.165) is 49.1 Å². The van der Waals surface area contributed by atoms with Crippen molar-refractivity contribution in [1.29, 1.82) is 0 Å². The van der Waals surface area contributed by atoms with Crippen LogP contribution in [0.4, 0.5) is 13.2 Å². The van der Waals surface area contributed by atoms with E-state index < -0.39 is 11.7 Å². The number of rotatable bonds is 3. The first-order valence-electron chi connectivity index (χ1n) is 9.60. The average Bonchev–Trinajstić information content (AvgIpc) is 2.98. The molecule has 29 heavy (non-hydrogen) atoms. The average molecular weight is 420 g/mol. The summed E-state index contributed by atoms with van der Waals surface area (Å²) in [5, 5.41) is 4.03. The topological polar surface area (TPSA) is 28.2 Å². The molecule has 1 fully saturated rings. The van der Waals surface area contributed by atoms with Gasteiger partial charge in [0.25, 0.3) is 0 Å². The van der Waals surface area contributed by atoms with Crippen LogP contribution in [0.1, 0.15) is 29.2 Å². The van der Waals surface area contributed by atoms with E-state index in [1.165, 1.54) is 12.1 Å². The van der Waals surface area contributed by atoms with Crippen LogP contribution in [0.3, 0.4) is 0 Å². The SMILES string of the molecule is FC(F)(F)c1cc(C(c2ccnc3ccccc23)N2CCCNCC2)ccc1Cl. The monoisotopic (exact) mass is 419 g/mol. The number of hydrogen-bond donors (Lipinski definition) is 1. The molecule has 1 saturated heterocycles. The normalized spacial score (nSPS) is 17.2. The second kappa shape index (κ2) is 8.30. The molecule has 152 valence electrons. The van der Waals surface area contributed by atoms with E-state index in [2.05, 4.69) is 15.2 Å². The van der Waals surface area contributed by atoms with Crippen molar-refractivity contribution >= 4 is 22.5 Å². The van der Waals surface area contributed by atoms with Crippen molar-refractivity contribution in [2.75, 3.05) is 26.2 Å². The number of nitrogens with zero attached hydrogens (tertiary/aromatic N) is 2. The Labute approximate surface area is 172 Å². The smallest absolute Gasteiger partial charge is 0.315 e. The van der Waals surface area contributed by atoms with Gasteiger partial charge < -0.3 is 5.32 Å². The predicted octanol–water partition coefficient (Wildman–Crippen LogP) is 5.29. The number of fused-ring (bicyclic) bond motifs is 1. The van der Waals surface area contributed by atoms with Gasteiger partial charge in [0.05, 0.1) is 22.1 Å². The van der Waals surface area contributed by atoms with Crippen LogP contribution in [0.15, 0.2) is 54.7 Å². The first-order valence-corrected chi connectivity index (χ1v) is 9.98. The number of nitrogens with one attached hydrogen (secondary N) is 1. The standard InChI is InChI=1S/C22H21ClF3N3/c23-19-7-6-15(14-18(19)22(24,25)26)21(29-12-3-9-27-11-13-29)17-8-10-28-20-5-2-1-4-16(17)20/h1-2,4-8,10,14,21,27H,3,9,11-13H2. The zero-order valence-corrected chi connectivity index (χ0v) is 16.5. The molecule has 4 rings (SSSR count). The summed E-state index contributed by atoms with van der Waals surface area (Å²) in [6.45, 7) is 3.22. The summed E-state index contributed by atoms with van der Waals surface area (Å²) >= 11 is 5.88. The fraction of sp³-hybridized carbons (Fsp3) is 0.318. The molecule has 1 aliphatic heterocycles. The van der Waals surface area contributed by atoms with Crippen molar-refractivity contribution in [2.24, 2.45) is 0 Å². The maximum Gasteiger partial charge on any atom is 0.417 e. The van der Waals surface area contributed by atoms with Crippen LogP contribution in [0.5, 0.6) is 0 Å². The Morgan fingerprint density at radius 2 is 1.86 bits per heavy atom. The number of aromatic nitrogens is 1. The van der Waals surface area contributed by atoms with Crippen LogP contribution in [0, 0.1) is 0 Å². The third-order valence-corrected chi connectivity index (χ3v) is 5.66. The molecular weight excluding hydrogens is 399 g/mol. The maximum absolute atomic E-state index is 13.5. The Kier molecular flexibility index (Phi) is 5.76. The third-order valence-electron chi connectivity index (χ3n) is 5.33. The zero-order valence-electron chi connectivity index (χ0n) is 15.7. The Hall–Kier alpha value is -2.15. The van der Waals surface area contributed by atoms with Crippen molar-refractivity contribution in [3.63, 3.8) is 0 Å². The second-order valence-corrected chi connectivity index (χ2v) is 7.60. The Bertz CT molecular complexity index is 993. The molecule has 2 aromatic carbocycles. The van der Waals surface area contributed by atoms with Crippen LogP contribution in [0.25, 0.3) is 10.9 Å². The van der Waals surface area contributed by atoms with Gasteiger partial charge >= 0.3 is 6.18 Å². The second-order valence-electron chi connectivity index (χ2n) is 7.20. The minimum absolute atomic E-state index is 0.280. The lowest BCUT2D eigenvalue weighted by Gasteiger charge is -2.32. The van der Waals surface area contributed by atoms with Gasteiger partial charge in [0.2, 0.25) is 0 Å². The van der Waals surface area contributed by atoms with Crippen molar-refractivity contribution in [1.82, 2.24) is 15.2 Å². The van der Waals surface area contributed by atoms with Gasteiger partial charge in [0.1, 0.15) is 0 Å². The molecule has 1 unspecified atom stereocenters. The van der Waals surface area contributed by atoms with Crippen LogP contribution >= 0.6 is 11.6 Å². The zero-order chi connectivity index (χ0) is 20.4. The highest BCUT2D eigenvalue weighted by molar-refractivity contribution is 6.31. The van der Waals surface area contributed by atoms with Gasteiger partial charge in [-0.2, -0.15) is 13.2 Å². The highest BCUT2D eigenvalue weighted by Crippen LogP contribution is 2.39. The molecule has 0 saturated carbocycles. The van der Waals surface area contributed by atoms with Gasteiger partial charge in [-0.15, -0.1) is 0 Å². The fourth-order valence-electron chi connectivity index (χ4n) is 4.00. The van der Waals surface area contributed by atoms with Gasteiger partial charge in [-0.1, -0.05) is 35.9 Å². The summed E-state index contributed by atoms with van der Waals surface area (Å²) in [7, 11) is 0. The summed E-state index contributed by atoms with van der Waals surface area (Å²) in [4.78, 5) is 6.66. The first-order chi connectivity index (χ1) is 13.9. The van der Waals surface area contributed by atoms with Crippen molar-refractivity contribution in [3.05, 3.63) is 76.4 Å². The molecule has 3 nitrogen and oxygen atoms in total. The Balaban J connectivity index is 1.90. The molecule has 1 aliphatic rings. The molecular formula is C22H21ClF3N3. The summed E-state index contributed by atoms with van der Waals surface area (Å²) in [5.74, 6) is 0. The highest BCUT2D eigenvalue weighted by atomic mass is 35.5. The molecule has 7 heteroatoms. The number of alkyl halides is 3. The highest BCUT2D eigenvalue weighted by Gasteiger charge is 2.35. The summed E-state index contributed by atoms with van der Waals surface area (Å²) in [6, 6.07) is 13.6. The first kappa shape index (κ1) is 20.1. The lowest BCUT2D eigenvalue weighted by Crippen LogP contribution is -2.33. The molecule has 0 aliphatic carbocycles. The van der Waals surface area contributed by atoms with Gasteiger partial charge in [0, 0.05) is 31.2 Å². The minimum atomic E-state index is -4.50. The molecule has 3 aromatic rings. The molecule has 1 N–H and O–H groups in total. The van der Waals surface area contributed by atoms with E-state index in [1.807, 2.05) is 30.3 Å². The number of halogens is 4.